The highest BCUT2D eigenvalue weighted by Gasteiger charge is 2.50. The van der Waals surface area contributed by atoms with Gasteiger partial charge in [-0.05, 0) is 58.9 Å². The van der Waals surface area contributed by atoms with Crippen LogP contribution in [-0.4, -0.2) is 77.0 Å². The van der Waals surface area contributed by atoms with Gasteiger partial charge in [0.25, 0.3) is 0 Å². The number of esters is 1. The highest BCUT2D eigenvalue weighted by Crippen LogP contribution is 2.46. The van der Waals surface area contributed by atoms with E-state index in [-0.39, 0.29) is 29.1 Å². The number of methoxy groups -OCH3 is 1. The van der Waals surface area contributed by atoms with Gasteiger partial charge in [-0.25, -0.2) is 0 Å². The fraction of sp³-hybridized carbons (Fsp3) is 0.926. The van der Waals surface area contributed by atoms with Crippen molar-refractivity contribution in [3.8, 4) is 0 Å². The van der Waals surface area contributed by atoms with Gasteiger partial charge in [-0.3, -0.25) is 9.59 Å². The van der Waals surface area contributed by atoms with Crippen LogP contribution in [0.4, 0.5) is 0 Å². The first-order chi connectivity index (χ1) is 15.3. The summed E-state index contributed by atoms with van der Waals surface area (Å²) in [5.74, 6) is -2.29. The summed E-state index contributed by atoms with van der Waals surface area (Å²) in [6, 6.07) is -0.388. The second-order valence-corrected chi connectivity index (χ2v) is 12.3. The van der Waals surface area contributed by atoms with E-state index in [2.05, 4.69) is 34.6 Å². The number of ether oxygens (including phenoxy) is 2. The van der Waals surface area contributed by atoms with Crippen molar-refractivity contribution in [2.45, 2.75) is 112 Å². The van der Waals surface area contributed by atoms with Crippen LogP contribution in [0.25, 0.3) is 0 Å². The van der Waals surface area contributed by atoms with Crippen LogP contribution in [-0.2, 0) is 19.1 Å². The molecule has 1 unspecified atom stereocenters. The number of cyclic esters (lactones) is 1. The zero-order chi connectivity index (χ0) is 26.8. The van der Waals surface area contributed by atoms with Crippen molar-refractivity contribution >= 4 is 11.8 Å². The van der Waals surface area contributed by atoms with Gasteiger partial charge in [-0.2, -0.15) is 0 Å². The average Bonchev–Trinajstić information content (AvgIpc) is 2.72. The van der Waals surface area contributed by atoms with Gasteiger partial charge in [-0.15, -0.1) is 0 Å². The zero-order valence-electron chi connectivity index (χ0n) is 23.6. The number of carbonyl (C=O) groups is 2. The lowest BCUT2D eigenvalue weighted by Gasteiger charge is -2.48. The number of ketones is 1. The monoisotopic (exact) mass is 485 g/mol. The molecule has 7 heteroatoms. The molecule has 2 N–H and O–H groups in total. The number of nitrogens with zero attached hydrogens (tertiary/aromatic N) is 1. The first-order valence-corrected chi connectivity index (χ1v) is 12.7. The molecule has 0 aromatic carbocycles. The highest BCUT2D eigenvalue weighted by atomic mass is 16.6. The Balaban J connectivity index is 3.62. The summed E-state index contributed by atoms with van der Waals surface area (Å²) in [6.07, 6.45) is -1.09. The SMILES string of the molecule is CC[C@H]1OC(=O)[C@H](C)C(=O)C(C)[C@@H](C(C)(C)C)[C@](C)(OC)C[C@@H](C)CN(C)[C@H](C)[C@@H](O)[C@]1(C)O. The second-order valence-electron chi connectivity index (χ2n) is 12.3. The molecule has 1 aliphatic heterocycles. The average molecular weight is 486 g/mol. The Bertz CT molecular complexity index is 702. The summed E-state index contributed by atoms with van der Waals surface area (Å²) >= 11 is 0. The van der Waals surface area contributed by atoms with E-state index < -0.39 is 41.2 Å². The first-order valence-electron chi connectivity index (χ1n) is 12.7. The largest absolute Gasteiger partial charge is 0.459 e. The van der Waals surface area contributed by atoms with E-state index in [1.807, 2.05) is 25.8 Å². The molecule has 0 saturated carbocycles. The van der Waals surface area contributed by atoms with E-state index in [0.717, 1.165) is 0 Å². The quantitative estimate of drug-likeness (QED) is 0.455. The zero-order valence-corrected chi connectivity index (χ0v) is 23.6. The Morgan fingerprint density at radius 1 is 1.15 bits per heavy atom. The molecule has 1 fully saturated rings. The Hall–Kier alpha value is -1.02. The number of Topliss-reactive ketones (excluding diaryl/α,β-unsaturated/α-hetero) is 1. The van der Waals surface area contributed by atoms with E-state index in [0.29, 0.717) is 19.4 Å². The molecule has 0 aromatic rings. The number of rotatable bonds is 2. The Morgan fingerprint density at radius 2 is 1.68 bits per heavy atom. The molecule has 34 heavy (non-hydrogen) atoms. The predicted molar refractivity (Wildman–Crippen MR) is 134 cm³/mol. The molecule has 0 aliphatic carbocycles. The lowest BCUT2D eigenvalue weighted by molar-refractivity contribution is -0.189. The standard InChI is InChI=1S/C27H51NO6/c1-13-20-27(10,32)23(30)19(5)28(11)15-16(2)14-26(9,33-12)22(25(6,7)8)17(3)21(29)18(4)24(31)34-20/h16-20,22-23,30,32H,13-15H2,1-12H3/t16-,17?,18-,19-,20-,22+,23-,26-,27-/m1/s1. The van der Waals surface area contributed by atoms with Crippen molar-refractivity contribution in [1.82, 2.24) is 4.90 Å². The molecule has 9 atom stereocenters. The van der Waals surface area contributed by atoms with Gasteiger partial charge in [-0.1, -0.05) is 41.5 Å². The van der Waals surface area contributed by atoms with Crippen molar-refractivity contribution in [3.05, 3.63) is 0 Å². The third-order valence-electron chi connectivity index (χ3n) is 8.17. The molecule has 7 nitrogen and oxygen atoms in total. The minimum absolute atomic E-state index is 0.154. The van der Waals surface area contributed by atoms with Gasteiger partial charge < -0.3 is 24.6 Å². The molecule has 0 bridgehead atoms. The van der Waals surface area contributed by atoms with Crippen molar-refractivity contribution < 1.29 is 29.3 Å². The van der Waals surface area contributed by atoms with Crippen molar-refractivity contribution in [3.63, 3.8) is 0 Å². The van der Waals surface area contributed by atoms with Crippen molar-refractivity contribution in [2.75, 3.05) is 20.7 Å². The van der Waals surface area contributed by atoms with Crippen LogP contribution in [0.5, 0.6) is 0 Å². The van der Waals surface area contributed by atoms with Gasteiger partial charge in [0.15, 0.2) is 0 Å². The van der Waals surface area contributed by atoms with E-state index >= 15 is 0 Å². The molecule has 1 aliphatic rings. The smallest absolute Gasteiger partial charge is 0.316 e. The number of hydrogen-bond donors (Lipinski definition) is 2. The maximum Gasteiger partial charge on any atom is 0.316 e. The molecule has 0 amide bonds. The van der Waals surface area contributed by atoms with Gasteiger partial charge in [0.05, 0.1) is 5.60 Å². The maximum absolute atomic E-state index is 13.6. The predicted octanol–water partition coefficient (Wildman–Crippen LogP) is 3.69. The minimum atomic E-state index is -1.68. The molecule has 1 rings (SSSR count). The van der Waals surface area contributed by atoms with Crippen LogP contribution in [0.15, 0.2) is 0 Å². The van der Waals surface area contributed by atoms with Gasteiger partial charge in [0, 0.05) is 31.5 Å². The van der Waals surface area contributed by atoms with Crippen molar-refractivity contribution in [2.24, 2.45) is 29.1 Å². The summed E-state index contributed by atoms with van der Waals surface area (Å²) in [6.45, 7) is 19.8. The number of likely N-dealkylation sites (N-methyl/N-ethyl adjacent to an activating group) is 1. The number of hydrogen-bond acceptors (Lipinski definition) is 7. The summed E-state index contributed by atoms with van der Waals surface area (Å²) in [5.41, 5.74) is -2.55. The Labute approximate surface area is 207 Å². The molecule has 200 valence electrons. The molecule has 0 aromatic heterocycles. The van der Waals surface area contributed by atoms with Gasteiger partial charge in [0.1, 0.15) is 29.5 Å². The van der Waals surface area contributed by atoms with Crippen LogP contribution in [0.1, 0.15) is 82.1 Å². The van der Waals surface area contributed by atoms with Crippen LogP contribution in [0.2, 0.25) is 0 Å². The molecule has 0 spiro atoms. The summed E-state index contributed by atoms with van der Waals surface area (Å²) < 4.78 is 11.8. The van der Waals surface area contributed by atoms with Crippen LogP contribution >= 0.6 is 0 Å². The highest BCUT2D eigenvalue weighted by molar-refractivity contribution is 5.99. The molecule has 1 saturated heterocycles. The van der Waals surface area contributed by atoms with Gasteiger partial charge >= 0.3 is 5.97 Å². The maximum atomic E-state index is 13.6. The lowest BCUT2D eigenvalue weighted by Crippen LogP contribution is -2.59. The van der Waals surface area contributed by atoms with Crippen LogP contribution in [0, 0.1) is 29.1 Å². The van der Waals surface area contributed by atoms with Crippen LogP contribution < -0.4 is 0 Å². The topological polar surface area (TPSA) is 96.3 Å². The van der Waals surface area contributed by atoms with Crippen molar-refractivity contribution in [1.29, 1.82) is 0 Å². The normalized spacial score (nSPS) is 42.6. The van der Waals surface area contributed by atoms with Gasteiger partial charge in [0.2, 0.25) is 0 Å². The second kappa shape index (κ2) is 11.4. The summed E-state index contributed by atoms with van der Waals surface area (Å²) in [4.78, 5) is 28.7. The molecular formula is C27H51NO6. The van der Waals surface area contributed by atoms with E-state index in [1.54, 1.807) is 21.0 Å². The van der Waals surface area contributed by atoms with E-state index in [1.165, 1.54) is 6.92 Å². The fourth-order valence-electron chi connectivity index (χ4n) is 6.40. The van der Waals surface area contributed by atoms with Crippen LogP contribution in [0.3, 0.4) is 0 Å². The number of aliphatic hydroxyl groups is 2. The van der Waals surface area contributed by atoms with E-state index in [4.69, 9.17) is 9.47 Å². The fourth-order valence-corrected chi connectivity index (χ4v) is 6.40. The third-order valence-corrected chi connectivity index (χ3v) is 8.17. The summed E-state index contributed by atoms with van der Waals surface area (Å²) in [5, 5.41) is 22.4. The molecule has 1 heterocycles. The molecular weight excluding hydrogens is 434 g/mol. The first kappa shape index (κ1) is 31.0. The van der Waals surface area contributed by atoms with E-state index in [9.17, 15) is 19.8 Å². The third kappa shape index (κ3) is 6.59. The number of aliphatic hydroxyl groups excluding tert-OH is 1. The Morgan fingerprint density at radius 3 is 2.12 bits per heavy atom. The summed E-state index contributed by atoms with van der Waals surface area (Å²) in [7, 11) is 3.61. The Kier molecular flexibility index (Phi) is 10.4. The number of carbonyl (C=O) groups excluding carboxylic acids is 2. The minimum Gasteiger partial charge on any atom is -0.459 e. The lowest BCUT2D eigenvalue weighted by atomic mass is 9.61. The molecule has 0 radical (unpaired) electrons.